The zero-order valence-corrected chi connectivity index (χ0v) is 11.2. The Morgan fingerprint density at radius 1 is 1.26 bits per heavy atom. The van der Waals surface area contributed by atoms with Crippen molar-refractivity contribution in [3.63, 3.8) is 0 Å². The Hall–Kier alpha value is -2.18. The minimum atomic E-state index is 0.509. The first-order chi connectivity index (χ1) is 9.22. The van der Waals surface area contributed by atoms with Gasteiger partial charge in [-0.3, -0.25) is 0 Å². The van der Waals surface area contributed by atoms with E-state index >= 15 is 0 Å². The van der Waals surface area contributed by atoms with E-state index in [-0.39, 0.29) is 0 Å². The molecule has 0 aliphatic rings. The molecule has 0 saturated carbocycles. The number of anilines is 2. The van der Waals surface area contributed by atoms with Crippen molar-refractivity contribution in [1.82, 2.24) is 0 Å². The summed E-state index contributed by atoms with van der Waals surface area (Å²) in [5, 5.41) is 12.8. The number of hydrogen-bond donors (Lipinski definition) is 1. The highest BCUT2D eigenvalue weighted by molar-refractivity contribution is 6.30. The summed E-state index contributed by atoms with van der Waals surface area (Å²) in [5.41, 5.74) is 2.10. The first-order valence-electron chi connectivity index (χ1n) is 5.92. The zero-order chi connectivity index (χ0) is 13.7. The van der Waals surface area contributed by atoms with Gasteiger partial charge >= 0.3 is 0 Å². The van der Waals surface area contributed by atoms with Crippen molar-refractivity contribution in [1.29, 1.82) is 5.26 Å². The Kier molecular flexibility index (Phi) is 4.27. The number of halogens is 1. The molecular formula is C15H13ClN2O. The fourth-order valence-electron chi connectivity index (χ4n) is 1.70. The van der Waals surface area contributed by atoms with Crippen molar-refractivity contribution >= 4 is 23.0 Å². The van der Waals surface area contributed by atoms with Crippen LogP contribution in [-0.4, -0.2) is 6.61 Å². The number of hydrogen-bond acceptors (Lipinski definition) is 3. The predicted octanol–water partition coefficient (Wildman–Crippen LogP) is 4.35. The van der Waals surface area contributed by atoms with Gasteiger partial charge in [-0.2, -0.15) is 5.26 Å². The predicted molar refractivity (Wildman–Crippen MR) is 77.1 cm³/mol. The van der Waals surface area contributed by atoms with Gasteiger partial charge in [0, 0.05) is 16.8 Å². The molecule has 0 saturated heterocycles. The molecule has 19 heavy (non-hydrogen) atoms. The molecule has 96 valence electrons. The van der Waals surface area contributed by atoms with Crippen LogP contribution in [0.3, 0.4) is 0 Å². The van der Waals surface area contributed by atoms with Crippen LogP contribution in [0.5, 0.6) is 5.75 Å². The molecule has 2 aromatic rings. The van der Waals surface area contributed by atoms with Crippen molar-refractivity contribution in [2.75, 3.05) is 11.9 Å². The molecule has 0 bridgehead atoms. The molecule has 0 heterocycles. The number of benzene rings is 2. The summed E-state index contributed by atoms with van der Waals surface area (Å²) in [7, 11) is 0. The molecule has 0 unspecified atom stereocenters. The van der Waals surface area contributed by atoms with Crippen molar-refractivity contribution in [3.05, 3.63) is 53.1 Å². The number of nitrogens with one attached hydrogen (secondary N) is 1. The average Bonchev–Trinajstić information content (AvgIpc) is 2.41. The van der Waals surface area contributed by atoms with Gasteiger partial charge in [-0.1, -0.05) is 17.7 Å². The third-order valence-electron chi connectivity index (χ3n) is 2.53. The number of rotatable bonds is 4. The lowest BCUT2D eigenvalue weighted by atomic mass is 10.2. The average molecular weight is 273 g/mol. The second-order valence-corrected chi connectivity index (χ2v) is 4.32. The highest BCUT2D eigenvalue weighted by atomic mass is 35.5. The summed E-state index contributed by atoms with van der Waals surface area (Å²) in [5.74, 6) is 0.792. The van der Waals surface area contributed by atoms with Crippen LogP contribution in [0, 0.1) is 11.3 Å². The summed E-state index contributed by atoms with van der Waals surface area (Å²) >= 11 is 5.87. The third-order valence-corrected chi connectivity index (χ3v) is 2.76. The lowest BCUT2D eigenvalue weighted by Gasteiger charge is -2.10. The van der Waals surface area contributed by atoms with Crippen LogP contribution in [0.2, 0.25) is 5.02 Å². The van der Waals surface area contributed by atoms with Crippen LogP contribution >= 0.6 is 11.6 Å². The molecule has 2 aromatic carbocycles. The number of nitrogens with zero attached hydrogens (tertiary/aromatic N) is 1. The number of ether oxygens (including phenoxy) is 1. The Morgan fingerprint density at radius 3 is 2.84 bits per heavy atom. The van der Waals surface area contributed by atoms with Crippen molar-refractivity contribution < 1.29 is 4.74 Å². The summed E-state index contributed by atoms with van der Waals surface area (Å²) in [6, 6.07) is 14.9. The fraction of sp³-hybridized carbons (Fsp3) is 0.133. The smallest absolute Gasteiger partial charge is 0.121 e. The van der Waals surface area contributed by atoms with Crippen LogP contribution in [0.25, 0.3) is 0 Å². The van der Waals surface area contributed by atoms with Crippen LogP contribution < -0.4 is 10.1 Å². The van der Waals surface area contributed by atoms with Gasteiger partial charge in [-0.05, 0) is 37.3 Å². The Balaban J connectivity index is 2.26. The third kappa shape index (κ3) is 3.40. The van der Waals surface area contributed by atoms with E-state index in [9.17, 15) is 0 Å². The summed E-state index contributed by atoms with van der Waals surface area (Å²) in [4.78, 5) is 0. The summed E-state index contributed by atoms with van der Waals surface area (Å²) in [6.07, 6.45) is 0. The molecule has 0 atom stereocenters. The van der Waals surface area contributed by atoms with E-state index in [1.54, 1.807) is 18.2 Å². The van der Waals surface area contributed by atoms with E-state index in [0.29, 0.717) is 17.2 Å². The van der Waals surface area contributed by atoms with Crippen LogP contribution in [0.1, 0.15) is 12.5 Å². The molecule has 0 aromatic heterocycles. The van der Waals surface area contributed by atoms with Crippen molar-refractivity contribution in [2.24, 2.45) is 0 Å². The van der Waals surface area contributed by atoms with Crippen LogP contribution in [0.15, 0.2) is 42.5 Å². The van der Waals surface area contributed by atoms with E-state index in [1.165, 1.54) is 0 Å². The van der Waals surface area contributed by atoms with E-state index in [0.717, 1.165) is 17.1 Å². The second-order valence-electron chi connectivity index (χ2n) is 3.89. The molecule has 0 fully saturated rings. The standard InChI is InChI=1S/C15H13ClN2O/c1-2-19-14-5-3-4-13(9-14)18-15-7-6-12(16)8-11(15)10-17/h3-9,18H,2H2,1H3. The molecule has 0 amide bonds. The molecule has 3 nitrogen and oxygen atoms in total. The van der Waals surface area contributed by atoms with Gasteiger partial charge in [0.1, 0.15) is 11.8 Å². The number of nitriles is 1. The minimum Gasteiger partial charge on any atom is -0.494 e. The van der Waals surface area contributed by atoms with E-state index in [1.807, 2.05) is 31.2 Å². The maximum atomic E-state index is 9.09. The maximum Gasteiger partial charge on any atom is 0.121 e. The first-order valence-corrected chi connectivity index (χ1v) is 6.30. The van der Waals surface area contributed by atoms with Gasteiger partial charge in [0.2, 0.25) is 0 Å². The van der Waals surface area contributed by atoms with Crippen molar-refractivity contribution in [3.8, 4) is 11.8 Å². The Morgan fingerprint density at radius 2 is 2.11 bits per heavy atom. The quantitative estimate of drug-likeness (QED) is 0.900. The van der Waals surface area contributed by atoms with Gasteiger partial charge in [0.25, 0.3) is 0 Å². The normalized spacial score (nSPS) is 9.74. The second kappa shape index (κ2) is 6.12. The van der Waals surface area contributed by atoms with Gasteiger partial charge in [0.15, 0.2) is 0 Å². The van der Waals surface area contributed by atoms with Crippen LogP contribution in [-0.2, 0) is 0 Å². The topological polar surface area (TPSA) is 45.0 Å². The first kappa shape index (κ1) is 13.3. The lowest BCUT2D eigenvalue weighted by molar-refractivity contribution is 0.340. The Bertz CT molecular complexity index is 620. The van der Waals surface area contributed by atoms with Crippen LogP contribution in [0.4, 0.5) is 11.4 Å². The summed E-state index contributed by atoms with van der Waals surface area (Å²) < 4.78 is 5.43. The van der Waals surface area contributed by atoms with Crippen molar-refractivity contribution in [2.45, 2.75) is 6.92 Å². The molecular weight excluding hydrogens is 260 g/mol. The Labute approximate surface area is 117 Å². The van der Waals surface area contributed by atoms with Gasteiger partial charge in [-0.25, -0.2) is 0 Å². The van der Waals surface area contributed by atoms with E-state index < -0.39 is 0 Å². The highest BCUT2D eigenvalue weighted by Gasteiger charge is 2.04. The largest absolute Gasteiger partial charge is 0.494 e. The molecule has 0 aliphatic carbocycles. The SMILES string of the molecule is CCOc1cccc(Nc2ccc(Cl)cc2C#N)c1. The fourth-order valence-corrected chi connectivity index (χ4v) is 1.88. The van der Waals surface area contributed by atoms with E-state index in [2.05, 4.69) is 11.4 Å². The lowest BCUT2D eigenvalue weighted by Crippen LogP contribution is -1.95. The van der Waals surface area contributed by atoms with E-state index in [4.69, 9.17) is 21.6 Å². The molecule has 2 rings (SSSR count). The molecule has 0 radical (unpaired) electrons. The molecule has 0 aliphatic heterocycles. The maximum absolute atomic E-state index is 9.09. The molecule has 0 spiro atoms. The molecule has 4 heteroatoms. The van der Waals surface area contributed by atoms with Gasteiger partial charge in [0.05, 0.1) is 17.9 Å². The highest BCUT2D eigenvalue weighted by Crippen LogP contribution is 2.25. The monoisotopic (exact) mass is 272 g/mol. The molecule has 1 N–H and O–H groups in total. The van der Waals surface area contributed by atoms with Gasteiger partial charge in [-0.15, -0.1) is 0 Å². The zero-order valence-electron chi connectivity index (χ0n) is 10.5. The van der Waals surface area contributed by atoms with Gasteiger partial charge < -0.3 is 10.1 Å². The minimum absolute atomic E-state index is 0.509. The summed E-state index contributed by atoms with van der Waals surface area (Å²) in [6.45, 7) is 2.56.